The molecule has 0 bridgehead atoms. The molecule has 2 aromatic carbocycles. The van der Waals surface area contributed by atoms with Crippen molar-refractivity contribution >= 4 is 56.8 Å². The minimum Gasteiger partial charge on any atom is -0.308 e. The smallest absolute Gasteiger partial charge is 0.229 e. The topological polar surface area (TPSA) is 36.4 Å². The molecule has 0 radical (unpaired) electrons. The third-order valence-corrected chi connectivity index (χ3v) is 6.26. The summed E-state index contributed by atoms with van der Waals surface area (Å²) < 4.78 is 1.11. The molecule has 0 aliphatic rings. The van der Waals surface area contributed by atoms with Crippen molar-refractivity contribution in [3.63, 3.8) is 0 Å². The lowest BCUT2D eigenvalue weighted by Gasteiger charge is -2.22. The predicted molar refractivity (Wildman–Crippen MR) is 124 cm³/mol. The predicted octanol–water partition coefficient (Wildman–Crippen LogP) is 5.10. The summed E-state index contributed by atoms with van der Waals surface area (Å²) >= 11 is 3.31. The molecule has 28 heavy (non-hydrogen) atoms. The van der Waals surface area contributed by atoms with E-state index in [1.54, 1.807) is 23.1 Å². The van der Waals surface area contributed by atoms with Crippen LogP contribution in [0.2, 0.25) is 0 Å². The third kappa shape index (κ3) is 6.21. The molecular formula is C21H26ClN3OS2. The quantitative estimate of drug-likeness (QED) is 0.461. The number of aryl methyl sites for hydroxylation is 1. The minimum absolute atomic E-state index is 0. The number of rotatable bonds is 8. The second-order valence-electron chi connectivity index (χ2n) is 6.72. The molecule has 0 atom stereocenters. The molecule has 3 aromatic rings. The van der Waals surface area contributed by atoms with Crippen molar-refractivity contribution in [2.75, 3.05) is 37.8 Å². The van der Waals surface area contributed by atoms with Gasteiger partial charge in [0.05, 0.1) is 10.2 Å². The number of benzene rings is 2. The molecule has 150 valence electrons. The van der Waals surface area contributed by atoms with Crippen LogP contribution in [0, 0.1) is 6.92 Å². The van der Waals surface area contributed by atoms with Gasteiger partial charge in [-0.2, -0.15) is 0 Å². The first-order chi connectivity index (χ1) is 13.0. The summed E-state index contributed by atoms with van der Waals surface area (Å²) in [7, 11) is 4.04. The standard InChI is InChI=1S/C21H25N3OS2.ClH/c1-16-8-10-17(11-9-16)26-15-12-20(25)24(14-13-23(2)3)21-22-18-6-4-5-7-19(18)27-21;/h4-11H,12-15H2,1-3H3;1H. The number of halogens is 1. The zero-order valence-electron chi connectivity index (χ0n) is 16.4. The van der Waals surface area contributed by atoms with Crippen LogP contribution in [0.3, 0.4) is 0 Å². The molecule has 0 unspecified atom stereocenters. The number of carbonyl (C=O) groups is 1. The number of thioether (sulfide) groups is 1. The van der Waals surface area contributed by atoms with E-state index in [-0.39, 0.29) is 18.3 Å². The molecule has 7 heteroatoms. The summed E-state index contributed by atoms with van der Waals surface area (Å²) in [6.07, 6.45) is 0.502. The summed E-state index contributed by atoms with van der Waals surface area (Å²) in [5, 5.41) is 0.795. The van der Waals surface area contributed by atoms with Crippen molar-refractivity contribution in [3.05, 3.63) is 54.1 Å². The largest absolute Gasteiger partial charge is 0.308 e. The lowest BCUT2D eigenvalue weighted by Crippen LogP contribution is -2.36. The Kier molecular flexibility index (Phi) is 8.76. The number of hydrogen-bond donors (Lipinski definition) is 0. The van der Waals surface area contributed by atoms with Crippen molar-refractivity contribution in [1.82, 2.24) is 9.88 Å². The second kappa shape index (κ2) is 10.8. The van der Waals surface area contributed by atoms with Crippen molar-refractivity contribution in [3.8, 4) is 0 Å². The molecule has 4 nitrogen and oxygen atoms in total. The number of carbonyl (C=O) groups excluding carboxylic acids is 1. The fourth-order valence-electron chi connectivity index (χ4n) is 2.63. The van der Waals surface area contributed by atoms with Crippen molar-refractivity contribution in [2.24, 2.45) is 0 Å². The molecule has 0 saturated carbocycles. The van der Waals surface area contributed by atoms with E-state index in [0.29, 0.717) is 13.0 Å². The first-order valence-electron chi connectivity index (χ1n) is 9.03. The van der Waals surface area contributed by atoms with Crippen molar-refractivity contribution < 1.29 is 4.79 Å². The van der Waals surface area contributed by atoms with E-state index in [1.165, 1.54) is 10.5 Å². The average molecular weight is 436 g/mol. The highest BCUT2D eigenvalue weighted by Crippen LogP contribution is 2.29. The first kappa shape index (κ1) is 22.7. The van der Waals surface area contributed by atoms with E-state index in [1.807, 2.05) is 37.2 Å². The Labute approximate surface area is 181 Å². The molecule has 0 aliphatic carbocycles. The maximum absolute atomic E-state index is 12.9. The SMILES string of the molecule is Cc1ccc(SCCC(=O)N(CCN(C)C)c2nc3ccccc3s2)cc1.Cl. The van der Waals surface area contributed by atoms with Crippen LogP contribution in [0.1, 0.15) is 12.0 Å². The van der Waals surface area contributed by atoms with Gasteiger partial charge in [0.25, 0.3) is 0 Å². The normalized spacial score (nSPS) is 10.9. The Balaban J connectivity index is 0.00000280. The van der Waals surface area contributed by atoms with E-state index in [4.69, 9.17) is 0 Å². The lowest BCUT2D eigenvalue weighted by atomic mass is 10.2. The highest BCUT2D eigenvalue weighted by atomic mass is 35.5. The average Bonchev–Trinajstić information content (AvgIpc) is 3.07. The highest BCUT2D eigenvalue weighted by Gasteiger charge is 2.19. The van der Waals surface area contributed by atoms with Gasteiger partial charge < -0.3 is 4.90 Å². The monoisotopic (exact) mass is 435 g/mol. The van der Waals surface area contributed by atoms with Crippen LogP contribution in [0.25, 0.3) is 10.2 Å². The number of likely N-dealkylation sites (N-methyl/N-ethyl adjacent to an activating group) is 1. The van der Waals surface area contributed by atoms with Gasteiger partial charge in [-0.05, 0) is 45.3 Å². The summed E-state index contributed by atoms with van der Waals surface area (Å²) in [6.45, 7) is 3.55. The van der Waals surface area contributed by atoms with Gasteiger partial charge in [-0.15, -0.1) is 24.2 Å². The molecule has 3 rings (SSSR count). The van der Waals surface area contributed by atoms with Gasteiger partial charge in [0.1, 0.15) is 0 Å². The zero-order chi connectivity index (χ0) is 19.2. The van der Waals surface area contributed by atoms with Gasteiger partial charge in [0, 0.05) is 30.2 Å². The van der Waals surface area contributed by atoms with Crippen LogP contribution in [-0.4, -0.2) is 48.7 Å². The number of fused-ring (bicyclic) bond motifs is 1. The van der Waals surface area contributed by atoms with Gasteiger partial charge in [-0.3, -0.25) is 9.69 Å². The number of thiazole rings is 1. The van der Waals surface area contributed by atoms with Gasteiger partial charge in [-0.25, -0.2) is 4.98 Å². The van der Waals surface area contributed by atoms with Gasteiger partial charge in [-0.1, -0.05) is 41.2 Å². The molecular weight excluding hydrogens is 410 g/mol. The van der Waals surface area contributed by atoms with Gasteiger partial charge in [0.2, 0.25) is 5.91 Å². The number of amides is 1. The van der Waals surface area contributed by atoms with Crippen LogP contribution in [0.4, 0.5) is 5.13 Å². The molecule has 1 aromatic heterocycles. The Morgan fingerprint density at radius 3 is 2.46 bits per heavy atom. The summed E-state index contributed by atoms with van der Waals surface area (Å²) in [5.41, 5.74) is 2.20. The van der Waals surface area contributed by atoms with Crippen LogP contribution >= 0.6 is 35.5 Å². The van der Waals surface area contributed by atoms with Crippen LogP contribution in [0.15, 0.2) is 53.4 Å². The lowest BCUT2D eigenvalue weighted by molar-refractivity contribution is -0.118. The third-order valence-electron chi connectivity index (χ3n) is 4.19. The Morgan fingerprint density at radius 1 is 1.07 bits per heavy atom. The summed E-state index contributed by atoms with van der Waals surface area (Å²) in [5.74, 6) is 0.904. The zero-order valence-corrected chi connectivity index (χ0v) is 18.9. The van der Waals surface area contributed by atoms with Crippen LogP contribution in [-0.2, 0) is 4.79 Å². The van der Waals surface area contributed by atoms with E-state index in [0.717, 1.165) is 27.6 Å². The summed E-state index contributed by atoms with van der Waals surface area (Å²) in [4.78, 5) is 22.8. The van der Waals surface area contributed by atoms with Gasteiger partial charge >= 0.3 is 0 Å². The number of aromatic nitrogens is 1. The molecule has 1 amide bonds. The fourth-order valence-corrected chi connectivity index (χ4v) is 4.48. The Hall–Kier alpha value is -1.60. The Morgan fingerprint density at radius 2 is 1.79 bits per heavy atom. The molecule has 0 spiro atoms. The van der Waals surface area contributed by atoms with E-state index in [2.05, 4.69) is 47.1 Å². The molecule has 1 heterocycles. The van der Waals surface area contributed by atoms with E-state index < -0.39 is 0 Å². The molecule has 0 fully saturated rings. The molecule has 0 saturated heterocycles. The van der Waals surface area contributed by atoms with E-state index >= 15 is 0 Å². The molecule has 0 aliphatic heterocycles. The fraction of sp³-hybridized carbons (Fsp3) is 0.333. The minimum atomic E-state index is 0. The number of anilines is 1. The number of para-hydroxylation sites is 1. The van der Waals surface area contributed by atoms with Gasteiger partial charge in [0.15, 0.2) is 5.13 Å². The Bertz CT molecular complexity index is 863. The van der Waals surface area contributed by atoms with Crippen molar-refractivity contribution in [1.29, 1.82) is 0 Å². The highest BCUT2D eigenvalue weighted by molar-refractivity contribution is 7.99. The van der Waals surface area contributed by atoms with Crippen LogP contribution in [0.5, 0.6) is 0 Å². The van der Waals surface area contributed by atoms with Crippen molar-refractivity contribution in [2.45, 2.75) is 18.2 Å². The molecule has 0 N–H and O–H groups in total. The van der Waals surface area contributed by atoms with E-state index in [9.17, 15) is 4.79 Å². The number of nitrogens with zero attached hydrogens (tertiary/aromatic N) is 3. The van der Waals surface area contributed by atoms with Crippen LogP contribution < -0.4 is 4.90 Å². The maximum atomic E-state index is 12.9. The maximum Gasteiger partial charge on any atom is 0.229 e. The number of hydrogen-bond acceptors (Lipinski definition) is 5. The summed E-state index contributed by atoms with van der Waals surface area (Å²) in [6, 6.07) is 16.5. The first-order valence-corrected chi connectivity index (χ1v) is 10.8. The second-order valence-corrected chi connectivity index (χ2v) is 8.90.